The van der Waals surface area contributed by atoms with Gasteiger partial charge in [-0.25, -0.2) is 0 Å². The highest BCUT2D eigenvalue weighted by atomic mass is 19.4. The Morgan fingerprint density at radius 3 is 2.42 bits per heavy atom. The second-order valence-corrected chi connectivity index (χ2v) is 5.38. The summed E-state index contributed by atoms with van der Waals surface area (Å²) in [7, 11) is 0. The molecule has 2 unspecified atom stereocenters. The van der Waals surface area contributed by atoms with Gasteiger partial charge in [0.15, 0.2) is 0 Å². The molecule has 0 radical (unpaired) electrons. The van der Waals surface area contributed by atoms with E-state index in [1.807, 2.05) is 6.92 Å². The second-order valence-electron chi connectivity index (χ2n) is 5.38. The van der Waals surface area contributed by atoms with E-state index in [2.05, 4.69) is 5.32 Å². The zero-order chi connectivity index (χ0) is 14.1. The first-order chi connectivity index (χ1) is 8.80. The molecule has 106 valence electrons. The molecule has 1 aliphatic rings. The lowest BCUT2D eigenvalue weighted by molar-refractivity contribution is -0.137. The van der Waals surface area contributed by atoms with E-state index in [-0.39, 0.29) is 5.92 Å². The maximum absolute atomic E-state index is 12.5. The summed E-state index contributed by atoms with van der Waals surface area (Å²) in [5.41, 5.74) is -0.541. The van der Waals surface area contributed by atoms with Gasteiger partial charge in [-0.1, -0.05) is 19.1 Å². The molecule has 2 rings (SSSR count). The van der Waals surface area contributed by atoms with Crippen molar-refractivity contribution in [3.05, 3.63) is 35.4 Å². The molecule has 2 N–H and O–H groups in total. The van der Waals surface area contributed by atoms with Crippen LogP contribution in [0.3, 0.4) is 0 Å². The number of hydrogen-bond donors (Lipinski definition) is 2. The first kappa shape index (κ1) is 14.3. The molecular weight excluding hydrogens is 255 g/mol. The number of β-amino-alcohol motifs (C(OH)–C–C–N with tert-alkyl or cyclic N) is 1. The quantitative estimate of drug-likeness (QED) is 0.887. The van der Waals surface area contributed by atoms with E-state index < -0.39 is 17.3 Å². The topological polar surface area (TPSA) is 32.3 Å². The Bertz CT molecular complexity index is 421. The monoisotopic (exact) mass is 273 g/mol. The van der Waals surface area contributed by atoms with Gasteiger partial charge in [0, 0.05) is 6.54 Å². The summed E-state index contributed by atoms with van der Waals surface area (Å²) in [6.07, 6.45) is -3.04. The molecule has 0 aliphatic carbocycles. The fourth-order valence-electron chi connectivity index (χ4n) is 2.59. The molecule has 2 atom stereocenters. The van der Waals surface area contributed by atoms with Crippen LogP contribution in [-0.4, -0.2) is 23.8 Å². The molecule has 19 heavy (non-hydrogen) atoms. The molecule has 0 amide bonds. The third-order valence-corrected chi connectivity index (χ3v) is 3.71. The van der Waals surface area contributed by atoms with Gasteiger partial charge in [0.2, 0.25) is 0 Å². The van der Waals surface area contributed by atoms with Crippen molar-refractivity contribution in [3.8, 4) is 0 Å². The van der Waals surface area contributed by atoms with Crippen LogP contribution in [0.15, 0.2) is 24.3 Å². The largest absolute Gasteiger partial charge is 0.416 e. The highest BCUT2D eigenvalue weighted by Crippen LogP contribution is 2.33. The summed E-state index contributed by atoms with van der Waals surface area (Å²) in [6, 6.07) is 5.20. The fraction of sp³-hybridized carbons (Fsp3) is 0.571. The van der Waals surface area contributed by atoms with E-state index in [0.717, 1.165) is 24.2 Å². The van der Waals surface area contributed by atoms with Crippen LogP contribution in [0.2, 0.25) is 0 Å². The van der Waals surface area contributed by atoms with E-state index in [4.69, 9.17) is 0 Å². The number of rotatable bonds is 3. The summed E-state index contributed by atoms with van der Waals surface area (Å²) in [6.45, 7) is 3.27. The molecule has 1 aromatic rings. The molecule has 2 nitrogen and oxygen atoms in total. The zero-order valence-electron chi connectivity index (χ0n) is 10.8. The molecule has 5 heteroatoms. The molecule has 1 aromatic carbocycles. The summed E-state index contributed by atoms with van der Waals surface area (Å²) in [4.78, 5) is 0. The summed E-state index contributed by atoms with van der Waals surface area (Å²) >= 11 is 0. The summed E-state index contributed by atoms with van der Waals surface area (Å²) < 4.78 is 37.4. The van der Waals surface area contributed by atoms with E-state index >= 15 is 0 Å². The Kier molecular flexibility index (Phi) is 3.87. The average Bonchev–Trinajstić information content (AvgIpc) is 2.75. The first-order valence-corrected chi connectivity index (χ1v) is 6.40. The van der Waals surface area contributed by atoms with Crippen LogP contribution < -0.4 is 5.32 Å². The minimum Gasteiger partial charge on any atom is -0.388 e. The van der Waals surface area contributed by atoms with Crippen molar-refractivity contribution in [2.24, 2.45) is 0 Å². The molecule has 0 saturated carbocycles. The molecular formula is C14H18F3NO. The van der Waals surface area contributed by atoms with Gasteiger partial charge in [-0.2, -0.15) is 13.2 Å². The number of alkyl halides is 3. The minimum atomic E-state index is -4.30. The molecule has 1 fully saturated rings. The smallest absolute Gasteiger partial charge is 0.388 e. The molecule has 1 saturated heterocycles. The van der Waals surface area contributed by atoms with Crippen LogP contribution in [0, 0.1) is 0 Å². The van der Waals surface area contributed by atoms with Gasteiger partial charge in [0.05, 0.1) is 11.2 Å². The van der Waals surface area contributed by atoms with Gasteiger partial charge in [0.25, 0.3) is 0 Å². The van der Waals surface area contributed by atoms with Crippen LogP contribution >= 0.6 is 0 Å². The van der Waals surface area contributed by atoms with Crippen molar-refractivity contribution < 1.29 is 18.3 Å². The van der Waals surface area contributed by atoms with E-state index in [9.17, 15) is 18.3 Å². The molecule has 0 aromatic heterocycles. The number of benzene rings is 1. The molecule has 0 bridgehead atoms. The first-order valence-electron chi connectivity index (χ1n) is 6.40. The van der Waals surface area contributed by atoms with Crippen LogP contribution in [0.5, 0.6) is 0 Å². The molecule has 1 aliphatic heterocycles. The Hall–Kier alpha value is -1.07. The van der Waals surface area contributed by atoms with Crippen LogP contribution in [0.4, 0.5) is 13.2 Å². The normalized spacial score (nSPS) is 25.5. The van der Waals surface area contributed by atoms with Crippen molar-refractivity contribution in [3.63, 3.8) is 0 Å². The summed E-state index contributed by atoms with van der Waals surface area (Å²) in [5, 5.41) is 13.4. The number of nitrogens with one attached hydrogen (secondary N) is 1. The Balaban J connectivity index is 2.05. The van der Waals surface area contributed by atoms with Crippen LogP contribution in [0.1, 0.15) is 36.8 Å². The Morgan fingerprint density at radius 2 is 1.95 bits per heavy atom. The number of aliphatic hydroxyl groups is 1. The van der Waals surface area contributed by atoms with Gasteiger partial charge >= 0.3 is 6.18 Å². The highest BCUT2D eigenvalue weighted by Gasteiger charge is 2.33. The second kappa shape index (κ2) is 5.13. The third-order valence-electron chi connectivity index (χ3n) is 3.71. The van der Waals surface area contributed by atoms with Gasteiger partial charge in [-0.05, 0) is 43.0 Å². The van der Waals surface area contributed by atoms with E-state index in [1.165, 1.54) is 12.1 Å². The lowest BCUT2D eigenvalue weighted by Crippen LogP contribution is -2.32. The standard InChI is InChI=1S/C14H18F3NO/c1-10(8-13(19)6-7-18-9-13)11-2-4-12(5-3-11)14(15,16)17/h2-5,10,18-19H,6-9H2,1H3. The average molecular weight is 273 g/mol. The SMILES string of the molecule is CC(CC1(O)CCNC1)c1ccc(C(F)(F)F)cc1. The number of hydrogen-bond acceptors (Lipinski definition) is 2. The predicted octanol–water partition coefficient (Wildman–Crippen LogP) is 2.92. The fourth-order valence-corrected chi connectivity index (χ4v) is 2.59. The van der Waals surface area contributed by atoms with E-state index in [1.54, 1.807) is 0 Å². The van der Waals surface area contributed by atoms with E-state index in [0.29, 0.717) is 19.4 Å². The maximum atomic E-state index is 12.5. The van der Waals surface area contributed by atoms with Crippen LogP contribution in [0.25, 0.3) is 0 Å². The van der Waals surface area contributed by atoms with Gasteiger partial charge < -0.3 is 10.4 Å². The van der Waals surface area contributed by atoms with Crippen molar-refractivity contribution in [2.75, 3.05) is 13.1 Å². The lowest BCUT2D eigenvalue weighted by atomic mass is 9.86. The van der Waals surface area contributed by atoms with Crippen LogP contribution in [-0.2, 0) is 6.18 Å². The summed E-state index contributed by atoms with van der Waals surface area (Å²) in [5.74, 6) is 0.0344. The van der Waals surface area contributed by atoms with Gasteiger partial charge in [0.1, 0.15) is 0 Å². The number of halogens is 3. The zero-order valence-corrected chi connectivity index (χ0v) is 10.8. The Labute approximate surface area is 110 Å². The van der Waals surface area contributed by atoms with Gasteiger partial charge in [-0.3, -0.25) is 0 Å². The predicted molar refractivity (Wildman–Crippen MR) is 66.9 cm³/mol. The van der Waals surface area contributed by atoms with Crippen molar-refractivity contribution >= 4 is 0 Å². The van der Waals surface area contributed by atoms with Crippen molar-refractivity contribution in [1.29, 1.82) is 0 Å². The van der Waals surface area contributed by atoms with Crippen molar-refractivity contribution in [2.45, 2.75) is 37.5 Å². The molecule has 0 spiro atoms. The lowest BCUT2D eigenvalue weighted by Gasteiger charge is -2.25. The highest BCUT2D eigenvalue weighted by molar-refractivity contribution is 5.27. The van der Waals surface area contributed by atoms with Crippen molar-refractivity contribution in [1.82, 2.24) is 5.32 Å². The minimum absolute atomic E-state index is 0.0344. The van der Waals surface area contributed by atoms with Gasteiger partial charge in [-0.15, -0.1) is 0 Å². The maximum Gasteiger partial charge on any atom is 0.416 e. The third kappa shape index (κ3) is 3.48. The Morgan fingerprint density at radius 1 is 1.32 bits per heavy atom. The molecule has 1 heterocycles.